The van der Waals surface area contributed by atoms with Gasteiger partial charge in [-0.25, -0.2) is 0 Å². The molecule has 1 aliphatic rings. The molecule has 2 N–H and O–H groups in total. The fourth-order valence-corrected chi connectivity index (χ4v) is 2.38. The predicted octanol–water partition coefficient (Wildman–Crippen LogP) is 1.99. The van der Waals surface area contributed by atoms with Crippen LogP contribution >= 0.6 is 0 Å². The maximum atomic E-state index is 5.93. The largest absolute Gasteiger partial charge is 0.490 e. The van der Waals surface area contributed by atoms with E-state index in [2.05, 4.69) is 18.1 Å². The first kappa shape index (κ1) is 10.2. The van der Waals surface area contributed by atoms with Crippen molar-refractivity contribution in [1.29, 1.82) is 0 Å². The van der Waals surface area contributed by atoms with E-state index in [1.165, 1.54) is 5.56 Å². The highest BCUT2D eigenvalue weighted by Gasteiger charge is 2.20. The molecule has 0 bridgehead atoms. The first-order valence-corrected chi connectivity index (χ1v) is 5.72. The van der Waals surface area contributed by atoms with Crippen LogP contribution in [0.25, 0.3) is 11.3 Å². The molecule has 88 valence electrons. The number of nitrogens with zero attached hydrogens (tertiary/aromatic N) is 2. The molecule has 1 unspecified atom stereocenters. The highest BCUT2D eigenvalue weighted by molar-refractivity contribution is 5.73. The number of nitrogens with two attached hydrogens (primary N) is 1. The summed E-state index contributed by atoms with van der Waals surface area (Å²) in [5, 5.41) is 4.16. The fraction of sp³-hybridized carbons (Fsp3) is 0.308. The summed E-state index contributed by atoms with van der Waals surface area (Å²) in [4.78, 5) is 0. The number of hydrogen-bond donors (Lipinski definition) is 1. The molecular formula is C13H15N3O. The average molecular weight is 229 g/mol. The maximum Gasteiger partial charge on any atom is 0.123 e. The molecule has 0 saturated heterocycles. The lowest BCUT2D eigenvalue weighted by molar-refractivity contribution is 0.254. The lowest BCUT2D eigenvalue weighted by atomic mass is 10.0. The topological polar surface area (TPSA) is 53.1 Å². The monoisotopic (exact) mass is 229 g/mol. The van der Waals surface area contributed by atoms with Gasteiger partial charge in [0.15, 0.2) is 0 Å². The second kappa shape index (κ2) is 3.52. The van der Waals surface area contributed by atoms with E-state index in [1.54, 1.807) is 10.9 Å². The van der Waals surface area contributed by atoms with Crippen molar-refractivity contribution in [2.75, 3.05) is 5.73 Å². The minimum atomic E-state index is 0.268. The van der Waals surface area contributed by atoms with Gasteiger partial charge in [-0.1, -0.05) is 0 Å². The predicted molar refractivity (Wildman–Crippen MR) is 66.9 cm³/mol. The standard InChI is InChI=1S/C13H15N3O/c1-8-5-10-6-9(3-4-12(10)17-8)13-11(14)7-15-16(13)2/h3-4,6-8H,5,14H2,1-2H3. The van der Waals surface area contributed by atoms with E-state index in [0.29, 0.717) is 5.69 Å². The van der Waals surface area contributed by atoms with Crippen LogP contribution < -0.4 is 10.5 Å². The second-order valence-electron chi connectivity index (χ2n) is 4.53. The minimum Gasteiger partial charge on any atom is -0.490 e. The zero-order valence-electron chi connectivity index (χ0n) is 9.97. The highest BCUT2D eigenvalue weighted by Crippen LogP contribution is 2.34. The minimum absolute atomic E-state index is 0.268. The van der Waals surface area contributed by atoms with E-state index in [9.17, 15) is 0 Å². The van der Waals surface area contributed by atoms with E-state index in [0.717, 1.165) is 23.4 Å². The number of aromatic nitrogens is 2. The molecule has 0 fully saturated rings. The molecule has 0 amide bonds. The van der Waals surface area contributed by atoms with Gasteiger partial charge in [-0.05, 0) is 30.7 Å². The van der Waals surface area contributed by atoms with Gasteiger partial charge in [0, 0.05) is 19.0 Å². The van der Waals surface area contributed by atoms with Crippen LogP contribution in [0.5, 0.6) is 5.75 Å². The van der Waals surface area contributed by atoms with E-state index in [1.807, 2.05) is 19.2 Å². The summed E-state index contributed by atoms with van der Waals surface area (Å²) in [6, 6.07) is 6.19. The Morgan fingerprint density at radius 3 is 3.00 bits per heavy atom. The van der Waals surface area contributed by atoms with Crippen molar-refractivity contribution in [2.45, 2.75) is 19.4 Å². The van der Waals surface area contributed by atoms with E-state index in [4.69, 9.17) is 10.5 Å². The molecule has 2 aromatic rings. The van der Waals surface area contributed by atoms with Crippen molar-refractivity contribution in [3.8, 4) is 17.0 Å². The van der Waals surface area contributed by atoms with Crippen LogP contribution in [0.4, 0.5) is 5.69 Å². The highest BCUT2D eigenvalue weighted by atomic mass is 16.5. The van der Waals surface area contributed by atoms with Gasteiger partial charge in [0.2, 0.25) is 0 Å². The van der Waals surface area contributed by atoms with Crippen LogP contribution in [-0.2, 0) is 13.5 Å². The molecule has 2 heterocycles. The van der Waals surface area contributed by atoms with Crippen LogP contribution in [-0.4, -0.2) is 15.9 Å². The van der Waals surface area contributed by atoms with Crippen LogP contribution in [0.1, 0.15) is 12.5 Å². The van der Waals surface area contributed by atoms with Crippen molar-refractivity contribution in [3.63, 3.8) is 0 Å². The number of anilines is 1. The summed E-state index contributed by atoms with van der Waals surface area (Å²) < 4.78 is 7.49. The summed E-state index contributed by atoms with van der Waals surface area (Å²) >= 11 is 0. The number of benzene rings is 1. The van der Waals surface area contributed by atoms with Crippen molar-refractivity contribution in [3.05, 3.63) is 30.0 Å². The Morgan fingerprint density at radius 1 is 1.47 bits per heavy atom. The van der Waals surface area contributed by atoms with Crippen molar-refractivity contribution in [2.24, 2.45) is 7.05 Å². The lowest BCUT2D eigenvalue weighted by Gasteiger charge is -2.06. The summed E-state index contributed by atoms with van der Waals surface area (Å²) in [6.07, 6.45) is 2.91. The summed E-state index contributed by atoms with van der Waals surface area (Å²) in [5.74, 6) is 0.988. The fourth-order valence-electron chi connectivity index (χ4n) is 2.38. The zero-order chi connectivity index (χ0) is 12.0. The van der Waals surface area contributed by atoms with Crippen LogP contribution in [0.15, 0.2) is 24.4 Å². The van der Waals surface area contributed by atoms with Gasteiger partial charge in [-0.15, -0.1) is 0 Å². The summed E-state index contributed by atoms with van der Waals surface area (Å²) in [6.45, 7) is 2.08. The molecule has 0 radical (unpaired) electrons. The quantitative estimate of drug-likeness (QED) is 0.813. The lowest BCUT2D eigenvalue weighted by Crippen LogP contribution is -2.05. The molecule has 3 rings (SSSR count). The SMILES string of the molecule is CC1Cc2cc(-c3c(N)cnn3C)ccc2O1. The van der Waals surface area contributed by atoms with E-state index >= 15 is 0 Å². The third-order valence-corrected chi connectivity index (χ3v) is 3.14. The van der Waals surface area contributed by atoms with Gasteiger partial charge in [0.1, 0.15) is 11.9 Å². The molecule has 1 aromatic heterocycles. The Morgan fingerprint density at radius 2 is 2.29 bits per heavy atom. The number of nitrogen functional groups attached to an aromatic ring is 1. The van der Waals surface area contributed by atoms with E-state index < -0.39 is 0 Å². The Balaban J connectivity index is 2.09. The van der Waals surface area contributed by atoms with Gasteiger partial charge < -0.3 is 10.5 Å². The first-order valence-electron chi connectivity index (χ1n) is 5.72. The van der Waals surface area contributed by atoms with Gasteiger partial charge in [0.25, 0.3) is 0 Å². The Kier molecular flexibility index (Phi) is 2.11. The molecule has 0 aliphatic carbocycles. The number of hydrogen-bond acceptors (Lipinski definition) is 3. The molecule has 0 spiro atoms. The van der Waals surface area contributed by atoms with Gasteiger partial charge in [-0.3, -0.25) is 4.68 Å². The first-order chi connectivity index (χ1) is 8.15. The third-order valence-electron chi connectivity index (χ3n) is 3.14. The molecular weight excluding hydrogens is 214 g/mol. The number of aryl methyl sites for hydroxylation is 1. The number of fused-ring (bicyclic) bond motifs is 1. The maximum absolute atomic E-state index is 5.93. The van der Waals surface area contributed by atoms with Crippen molar-refractivity contribution < 1.29 is 4.74 Å². The Bertz CT molecular complexity index is 555. The molecule has 17 heavy (non-hydrogen) atoms. The van der Waals surface area contributed by atoms with Crippen LogP contribution in [0.2, 0.25) is 0 Å². The molecule has 4 nitrogen and oxygen atoms in total. The third kappa shape index (κ3) is 1.56. The van der Waals surface area contributed by atoms with Crippen LogP contribution in [0, 0.1) is 0 Å². The Hall–Kier alpha value is -1.97. The number of ether oxygens (including phenoxy) is 1. The number of rotatable bonds is 1. The molecule has 0 saturated carbocycles. The van der Waals surface area contributed by atoms with Gasteiger partial charge >= 0.3 is 0 Å². The molecule has 1 aromatic carbocycles. The zero-order valence-corrected chi connectivity index (χ0v) is 9.97. The average Bonchev–Trinajstić information content (AvgIpc) is 2.80. The molecule has 1 atom stereocenters. The van der Waals surface area contributed by atoms with E-state index in [-0.39, 0.29) is 6.10 Å². The summed E-state index contributed by atoms with van der Waals surface area (Å²) in [5.41, 5.74) is 9.95. The second-order valence-corrected chi connectivity index (χ2v) is 4.53. The smallest absolute Gasteiger partial charge is 0.123 e. The van der Waals surface area contributed by atoms with Crippen molar-refractivity contribution in [1.82, 2.24) is 9.78 Å². The normalized spacial score (nSPS) is 17.9. The van der Waals surface area contributed by atoms with Gasteiger partial charge in [-0.2, -0.15) is 5.10 Å². The van der Waals surface area contributed by atoms with Gasteiger partial charge in [0.05, 0.1) is 17.6 Å². The van der Waals surface area contributed by atoms with Crippen LogP contribution in [0.3, 0.4) is 0 Å². The Labute approximate surface area is 100 Å². The summed E-state index contributed by atoms with van der Waals surface area (Å²) in [7, 11) is 1.90. The van der Waals surface area contributed by atoms with Crippen molar-refractivity contribution >= 4 is 5.69 Å². The molecule has 1 aliphatic heterocycles. The molecule has 4 heteroatoms.